The molecule has 0 radical (unpaired) electrons. The molecule has 0 N–H and O–H groups in total. The predicted molar refractivity (Wildman–Crippen MR) is 76.9 cm³/mol. The van der Waals surface area contributed by atoms with E-state index in [2.05, 4.69) is 20.8 Å². The molecule has 0 fully saturated rings. The average molecular weight is 244 g/mol. The van der Waals surface area contributed by atoms with Gasteiger partial charge in [-0.3, -0.25) is 0 Å². The van der Waals surface area contributed by atoms with Gasteiger partial charge in [0.1, 0.15) is 10.5 Å². The minimum absolute atomic E-state index is 0.202. The molecule has 1 nitrogen and oxygen atoms in total. The van der Waals surface area contributed by atoms with Crippen molar-refractivity contribution in [2.45, 2.75) is 90.6 Å². The Kier molecular flexibility index (Phi) is 10.5. The SMILES string of the molecule is CCCCCCC(C)(CCCCCC)O[SiH3]. The topological polar surface area (TPSA) is 9.23 Å². The number of hydrogen-bond donors (Lipinski definition) is 0. The van der Waals surface area contributed by atoms with Gasteiger partial charge in [-0.1, -0.05) is 65.2 Å². The summed E-state index contributed by atoms with van der Waals surface area (Å²) in [5, 5.41) is 0. The quantitative estimate of drug-likeness (QED) is 0.394. The lowest BCUT2D eigenvalue weighted by Crippen LogP contribution is -2.27. The zero-order valence-corrected chi connectivity index (χ0v) is 14.0. The molecule has 0 aromatic rings. The van der Waals surface area contributed by atoms with Crippen LogP contribution in [0.3, 0.4) is 0 Å². The molecule has 0 atom stereocenters. The lowest BCUT2D eigenvalue weighted by Gasteiger charge is -2.29. The maximum Gasteiger partial charge on any atom is 0.146 e. The van der Waals surface area contributed by atoms with Gasteiger partial charge in [-0.15, -0.1) is 0 Å². The molecule has 2 heteroatoms. The fraction of sp³-hybridized carbons (Fsp3) is 1.00. The first-order valence-corrected chi connectivity index (χ1v) is 8.05. The van der Waals surface area contributed by atoms with Crippen molar-refractivity contribution in [2.24, 2.45) is 0 Å². The van der Waals surface area contributed by atoms with Crippen LogP contribution < -0.4 is 0 Å². The first-order chi connectivity index (χ1) is 7.68. The molecule has 0 aliphatic rings. The van der Waals surface area contributed by atoms with Gasteiger partial charge >= 0.3 is 0 Å². The number of rotatable bonds is 11. The molecule has 98 valence electrons. The molecular formula is C14H32OSi. The van der Waals surface area contributed by atoms with Crippen molar-refractivity contribution in [3.63, 3.8) is 0 Å². The van der Waals surface area contributed by atoms with Gasteiger partial charge in [0.15, 0.2) is 0 Å². The van der Waals surface area contributed by atoms with Gasteiger partial charge in [0.25, 0.3) is 0 Å². The number of unbranched alkanes of at least 4 members (excludes halogenated alkanes) is 6. The molecule has 0 aromatic carbocycles. The average Bonchev–Trinajstić information content (AvgIpc) is 2.31. The van der Waals surface area contributed by atoms with Crippen molar-refractivity contribution in [2.75, 3.05) is 0 Å². The Labute approximate surface area is 106 Å². The van der Waals surface area contributed by atoms with Crippen LogP contribution in [0.1, 0.15) is 85.0 Å². The highest BCUT2D eigenvalue weighted by atomic mass is 28.2. The van der Waals surface area contributed by atoms with Gasteiger partial charge < -0.3 is 4.43 Å². The Balaban J connectivity index is 3.64. The Hall–Kier alpha value is 0.177. The molecule has 0 saturated heterocycles. The second-order valence-corrected chi connectivity index (χ2v) is 5.68. The Morgan fingerprint density at radius 2 is 1.25 bits per heavy atom. The lowest BCUT2D eigenvalue weighted by molar-refractivity contribution is 0.0745. The Morgan fingerprint density at radius 1 is 0.812 bits per heavy atom. The van der Waals surface area contributed by atoms with Crippen molar-refractivity contribution >= 4 is 10.5 Å². The molecule has 16 heavy (non-hydrogen) atoms. The third kappa shape index (κ3) is 8.34. The van der Waals surface area contributed by atoms with Crippen molar-refractivity contribution in [1.29, 1.82) is 0 Å². The van der Waals surface area contributed by atoms with Gasteiger partial charge in [-0.2, -0.15) is 0 Å². The van der Waals surface area contributed by atoms with Gasteiger partial charge in [0.05, 0.1) is 5.60 Å². The summed E-state index contributed by atoms with van der Waals surface area (Å²) in [7, 11) is 0.885. The van der Waals surface area contributed by atoms with E-state index in [0.29, 0.717) is 0 Å². The van der Waals surface area contributed by atoms with E-state index in [-0.39, 0.29) is 5.60 Å². The Morgan fingerprint density at radius 3 is 1.56 bits per heavy atom. The van der Waals surface area contributed by atoms with Gasteiger partial charge in [-0.05, 0) is 19.8 Å². The standard InChI is InChI=1S/C14H32OSi/c1-4-6-8-10-12-14(3,15-16)13-11-9-7-5-2/h4-13H2,1-3,16H3. The largest absolute Gasteiger partial charge is 0.423 e. The zero-order valence-electron chi connectivity index (χ0n) is 12.0. The molecular weight excluding hydrogens is 212 g/mol. The van der Waals surface area contributed by atoms with E-state index in [9.17, 15) is 0 Å². The minimum Gasteiger partial charge on any atom is -0.423 e. The normalized spacial score (nSPS) is 12.2. The van der Waals surface area contributed by atoms with Crippen LogP contribution in [0.2, 0.25) is 0 Å². The van der Waals surface area contributed by atoms with E-state index in [1.54, 1.807) is 0 Å². The Bertz CT molecular complexity index is 136. The third-order valence-electron chi connectivity index (χ3n) is 3.61. The van der Waals surface area contributed by atoms with E-state index in [4.69, 9.17) is 4.43 Å². The predicted octanol–water partition coefficient (Wildman–Crippen LogP) is 3.98. The highest BCUT2D eigenvalue weighted by molar-refractivity contribution is 5.98. The molecule has 0 saturated carbocycles. The zero-order chi connectivity index (χ0) is 12.3. The van der Waals surface area contributed by atoms with Crippen molar-refractivity contribution in [3.05, 3.63) is 0 Å². The van der Waals surface area contributed by atoms with Crippen LogP contribution in [-0.4, -0.2) is 16.1 Å². The van der Waals surface area contributed by atoms with Crippen molar-refractivity contribution in [3.8, 4) is 0 Å². The second-order valence-electron chi connectivity index (χ2n) is 5.28. The number of hydrogen-bond acceptors (Lipinski definition) is 1. The lowest BCUT2D eigenvalue weighted by atomic mass is 9.92. The summed E-state index contributed by atoms with van der Waals surface area (Å²) in [6.07, 6.45) is 13.4. The summed E-state index contributed by atoms with van der Waals surface area (Å²) in [4.78, 5) is 0. The fourth-order valence-electron chi connectivity index (χ4n) is 2.18. The summed E-state index contributed by atoms with van der Waals surface area (Å²) in [5.41, 5.74) is 0.202. The van der Waals surface area contributed by atoms with E-state index < -0.39 is 0 Å². The maximum absolute atomic E-state index is 5.84. The highest BCUT2D eigenvalue weighted by Gasteiger charge is 2.21. The van der Waals surface area contributed by atoms with Crippen molar-refractivity contribution in [1.82, 2.24) is 0 Å². The van der Waals surface area contributed by atoms with E-state index in [1.165, 1.54) is 64.2 Å². The monoisotopic (exact) mass is 244 g/mol. The third-order valence-corrected chi connectivity index (χ3v) is 4.60. The summed E-state index contributed by atoms with van der Waals surface area (Å²) >= 11 is 0. The first kappa shape index (κ1) is 16.2. The summed E-state index contributed by atoms with van der Waals surface area (Å²) in [5.74, 6) is 0. The molecule has 0 unspecified atom stereocenters. The first-order valence-electron chi connectivity index (χ1n) is 7.23. The molecule has 0 aliphatic heterocycles. The van der Waals surface area contributed by atoms with Crippen LogP contribution in [-0.2, 0) is 4.43 Å². The van der Waals surface area contributed by atoms with Crippen LogP contribution in [0.25, 0.3) is 0 Å². The molecule has 0 bridgehead atoms. The molecule has 0 spiro atoms. The minimum atomic E-state index is 0.202. The summed E-state index contributed by atoms with van der Waals surface area (Å²) < 4.78 is 5.84. The molecule has 0 aromatic heterocycles. The van der Waals surface area contributed by atoms with Crippen molar-refractivity contribution < 1.29 is 4.43 Å². The van der Waals surface area contributed by atoms with E-state index in [1.807, 2.05) is 0 Å². The molecule has 0 amide bonds. The molecule has 0 heterocycles. The van der Waals surface area contributed by atoms with E-state index in [0.717, 1.165) is 10.5 Å². The van der Waals surface area contributed by atoms with Crippen LogP contribution in [0.15, 0.2) is 0 Å². The van der Waals surface area contributed by atoms with Gasteiger partial charge in [0, 0.05) is 0 Å². The molecule has 0 rings (SSSR count). The second kappa shape index (κ2) is 10.3. The van der Waals surface area contributed by atoms with E-state index >= 15 is 0 Å². The smallest absolute Gasteiger partial charge is 0.146 e. The van der Waals surface area contributed by atoms with Crippen LogP contribution >= 0.6 is 0 Å². The fourth-order valence-corrected chi connectivity index (χ4v) is 2.59. The molecule has 0 aliphatic carbocycles. The van der Waals surface area contributed by atoms with Gasteiger partial charge in [0.2, 0.25) is 0 Å². The summed E-state index contributed by atoms with van der Waals surface area (Å²) in [6, 6.07) is 0. The van der Waals surface area contributed by atoms with Crippen LogP contribution in [0, 0.1) is 0 Å². The maximum atomic E-state index is 5.84. The van der Waals surface area contributed by atoms with Crippen LogP contribution in [0.4, 0.5) is 0 Å². The van der Waals surface area contributed by atoms with Crippen LogP contribution in [0.5, 0.6) is 0 Å². The van der Waals surface area contributed by atoms with Gasteiger partial charge in [-0.25, -0.2) is 0 Å². The summed E-state index contributed by atoms with van der Waals surface area (Å²) in [6.45, 7) is 6.86. The highest BCUT2D eigenvalue weighted by Crippen LogP contribution is 2.25.